The number of benzene rings is 2. The highest BCUT2D eigenvalue weighted by Gasteiger charge is 2.21. The van der Waals surface area contributed by atoms with E-state index in [2.05, 4.69) is 40.6 Å². The molecule has 5 nitrogen and oxygen atoms in total. The maximum atomic E-state index is 12.1. The van der Waals surface area contributed by atoms with Gasteiger partial charge in [0.05, 0.1) is 24.3 Å². The van der Waals surface area contributed by atoms with Crippen LogP contribution in [0.1, 0.15) is 23.1 Å². The number of nitrogens with zero attached hydrogens (tertiary/aromatic N) is 2. The number of hydrogen-bond acceptors (Lipinski definition) is 4. The summed E-state index contributed by atoms with van der Waals surface area (Å²) in [7, 11) is 0. The largest absolute Gasteiger partial charge is 0.374 e. The van der Waals surface area contributed by atoms with Crippen LogP contribution in [0.25, 0.3) is 0 Å². The summed E-state index contributed by atoms with van der Waals surface area (Å²) < 4.78 is 5.80. The van der Waals surface area contributed by atoms with E-state index in [-0.39, 0.29) is 12.0 Å². The lowest BCUT2D eigenvalue weighted by Crippen LogP contribution is -2.47. The average molecular weight is 363 g/mol. The van der Waals surface area contributed by atoms with Crippen LogP contribution in [0.3, 0.4) is 0 Å². The normalized spacial score (nSPS) is 17.2. The highest BCUT2D eigenvalue weighted by Crippen LogP contribution is 2.10. The lowest BCUT2D eigenvalue weighted by atomic mass is 10.1. The maximum absolute atomic E-state index is 12.1. The fourth-order valence-electron chi connectivity index (χ4n) is 3.21. The smallest absolute Gasteiger partial charge is 0.220 e. The van der Waals surface area contributed by atoms with Gasteiger partial charge in [0.25, 0.3) is 0 Å². The number of ether oxygens (including phenoxy) is 1. The summed E-state index contributed by atoms with van der Waals surface area (Å²) in [5.74, 6) is 0.0307. The van der Waals surface area contributed by atoms with E-state index in [0.717, 1.165) is 25.2 Å². The summed E-state index contributed by atoms with van der Waals surface area (Å²) in [6.45, 7) is 3.88. The second-order valence-electron chi connectivity index (χ2n) is 6.83. The van der Waals surface area contributed by atoms with Gasteiger partial charge in [0, 0.05) is 32.6 Å². The highest BCUT2D eigenvalue weighted by molar-refractivity contribution is 5.76. The average Bonchev–Trinajstić information content (AvgIpc) is 2.72. The summed E-state index contributed by atoms with van der Waals surface area (Å²) in [5, 5.41) is 11.8. The predicted molar refractivity (Wildman–Crippen MR) is 104 cm³/mol. The summed E-state index contributed by atoms with van der Waals surface area (Å²) in [6.07, 6.45) is 1.14. The number of rotatable bonds is 7. The van der Waals surface area contributed by atoms with E-state index in [9.17, 15) is 4.79 Å². The van der Waals surface area contributed by atoms with Gasteiger partial charge in [0.15, 0.2) is 0 Å². The van der Waals surface area contributed by atoms with Gasteiger partial charge in [0.2, 0.25) is 5.91 Å². The number of aryl methyl sites for hydroxylation is 1. The monoisotopic (exact) mass is 363 g/mol. The van der Waals surface area contributed by atoms with Crippen LogP contribution in [0, 0.1) is 11.3 Å². The van der Waals surface area contributed by atoms with Crippen LogP contribution in [-0.2, 0) is 22.5 Å². The van der Waals surface area contributed by atoms with E-state index in [1.807, 2.05) is 18.2 Å². The molecule has 1 unspecified atom stereocenters. The number of morpholine rings is 1. The van der Waals surface area contributed by atoms with Gasteiger partial charge in [0.1, 0.15) is 0 Å². The van der Waals surface area contributed by atoms with Crippen LogP contribution in [0.15, 0.2) is 54.6 Å². The van der Waals surface area contributed by atoms with E-state index < -0.39 is 0 Å². The molecule has 0 radical (unpaired) electrons. The van der Waals surface area contributed by atoms with Crippen molar-refractivity contribution in [3.05, 3.63) is 71.3 Å². The number of nitrogens with one attached hydrogen (secondary N) is 1. The SMILES string of the molecule is N#Cc1ccc(CCC(=O)NCC2CN(Cc3ccccc3)CCO2)cc1. The quantitative estimate of drug-likeness (QED) is 0.821. The minimum atomic E-state index is 0.0290. The molecule has 1 saturated heterocycles. The lowest BCUT2D eigenvalue weighted by Gasteiger charge is -2.33. The molecule has 0 saturated carbocycles. The van der Waals surface area contributed by atoms with Crippen molar-refractivity contribution in [3.8, 4) is 6.07 Å². The molecular weight excluding hydrogens is 338 g/mol. The second-order valence-corrected chi connectivity index (χ2v) is 6.83. The minimum absolute atomic E-state index is 0.0290. The van der Waals surface area contributed by atoms with Crippen molar-refractivity contribution in [2.45, 2.75) is 25.5 Å². The summed E-state index contributed by atoms with van der Waals surface area (Å²) >= 11 is 0. The number of nitriles is 1. The fraction of sp³-hybridized carbons (Fsp3) is 0.364. The van der Waals surface area contributed by atoms with Crippen LogP contribution < -0.4 is 5.32 Å². The van der Waals surface area contributed by atoms with Gasteiger partial charge in [-0.1, -0.05) is 42.5 Å². The summed E-state index contributed by atoms with van der Waals surface area (Å²) in [4.78, 5) is 14.5. The molecule has 0 bridgehead atoms. The van der Waals surface area contributed by atoms with Gasteiger partial charge < -0.3 is 10.1 Å². The van der Waals surface area contributed by atoms with E-state index in [0.29, 0.717) is 31.6 Å². The third-order valence-corrected chi connectivity index (χ3v) is 4.72. The van der Waals surface area contributed by atoms with E-state index in [1.165, 1.54) is 5.56 Å². The summed E-state index contributed by atoms with van der Waals surface area (Å²) in [5.41, 5.74) is 2.99. The Balaban J connectivity index is 1.38. The predicted octanol–water partition coefficient (Wildman–Crippen LogP) is 2.51. The zero-order valence-electron chi connectivity index (χ0n) is 15.4. The van der Waals surface area contributed by atoms with Gasteiger partial charge in [-0.05, 0) is 29.7 Å². The van der Waals surface area contributed by atoms with Gasteiger partial charge >= 0.3 is 0 Å². The first-order valence-corrected chi connectivity index (χ1v) is 9.36. The Labute approximate surface area is 160 Å². The van der Waals surface area contributed by atoms with Crippen molar-refractivity contribution in [3.63, 3.8) is 0 Å². The Morgan fingerprint density at radius 2 is 1.93 bits per heavy atom. The zero-order valence-corrected chi connectivity index (χ0v) is 15.4. The fourth-order valence-corrected chi connectivity index (χ4v) is 3.21. The Bertz CT molecular complexity index is 768. The molecule has 1 fully saturated rings. The first kappa shape index (κ1) is 19.1. The lowest BCUT2D eigenvalue weighted by molar-refractivity contribution is -0.122. The van der Waals surface area contributed by atoms with Crippen LogP contribution in [0.2, 0.25) is 0 Å². The standard InChI is InChI=1S/C22H25N3O2/c23-14-19-8-6-18(7-9-19)10-11-22(26)24-15-21-17-25(12-13-27-21)16-20-4-2-1-3-5-20/h1-9,21H,10-13,15-17H2,(H,24,26). The molecule has 5 heteroatoms. The number of carbonyl (C=O) groups excluding carboxylic acids is 1. The molecule has 1 amide bonds. The molecule has 0 aliphatic carbocycles. The van der Waals surface area contributed by atoms with Crippen LogP contribution >= 0.6 is 0 Å². The highest BCUT2D eigenvalue weighted by atomic mass is 16.5. The third kappa shape index (κ3) is 6.21. The van der Waals surface area contributed by atoms with Crippen LogP contribution in [0.5, 0.6) is 0 Å². The summed E-state index contributed by atoms with van der Waals surface area (Å²) in [6, 6.07) is 19.9. The van der Waals surface area contributed by atoms with Gasteiger partial charge in [-0.25, -0.2) is 0 Å². The van der Waals surface area contributed by atoms with Crippen molar-refractivity contribution in [2.24, 2.45) is 0 Å². The van der Waals surface area contributed by atoms with Gasteiger partial charge in [-0.2, -0.15) is 5.26 Å². The first-order valence-electron chi connectivity index (χ1n) is 9.36. The van der Waals surface area contributed by atoms with Crippen molar-refractivity contribution >= 4 is 5.91 Å². The van der Waals surface area contributed by atoms with Crippen molar-refractivity contribution in [1.29, 1.82) is 5.26 Å². The van der Waals surface area contributed by atoms with Crippen molar-refractivity contribution < 1.29 is 9.53 Å². The van der Waals surface area contributed by atoms with Gasteiger partial charge in [-0.15, -0.1) is 0 Å². The molecule has 1 heterocycles. The molecule has 2 aromatic carbocycles. The number of hydrogen-bond donors (Lipinski definition) is 1. The third-order valence-electron chi connectivity index (χ3n) is 4.72. The van der Waals surface area contributed by atoms with Crippen molar-refractivity contribution in [2.75, 3.05) is 26.2 Å². The Morgan fingerprint density at radius 3 is 2.67 bits per heavy atom. The Hall–Kier alpha value is -2.68. The molecule has 140 valence electrons. The molecule has 1 aliphatic rings. The first-order chi connectivity index (χ1) is 13.2. The molecule has 0 aromatic heterocycles. The molecule has 1 N–H and O–H groups in total. The number of amides is 1. The van der Waals surface area contributed by atoms with E-state index in [1.54, 1.807) is 12.1 Å². The number of carbonyl (C=O) groups is 1. The Morgan fingerprint density at radius 1 is 1.15 bits per heavy atom. The maximum Gasteiger partial charge on any atom is 0.220 e. The Kier molecular flexibility index (Phi) is 6.97. The molecule has 1 atom stereocenters. The molecule has 27 heavy (non-hydrogen) atoms. The second kappa shape index (κ2) is 9.86. The van der Waals surface area contributed by atoms with Crippen LogP contribution in [-0.4, -0.2) is 43.2 Å². The molecule has 3 rings (SSSR count). The van der Waals surface area contributed by atoms with Gasteiger partial charge in [-0.3, -0.25) is 9.69 Å². The molecular formula is C22H25N3O2. The van der Waals surface area contributed by atoms with E-state index in [4.69, 9.17) is 10.00 Å². The molecule has 1 aliphatic heterocycles. The minimum Gasteiger partial charge on any atom is -0.374 e. The van der Waals surface area contributed by atoms with Crippen molar-refractivity contribution in [1.82, 2.24) is 10.2 Å². The molecule has 2 aromatic rings. The molecule has 0 spiro atoms. The zero-order chi connectivity index (χ0) is 18.9. The topological polar surface area (TPSA) is 65.4 Å². The van der Waals surface area contributed by atoms with Crippen LogP contribution in [0.4, 0.5) is 0 Å². The van der Waals surface area contributed by atoms with E-state index >= 15 is 0 Å².